The quantitative estimate of drug-likeness (QED) is 0.565. The van der Waals surface area contributed by atoms with E-state index in [0.717, 1.165) is 37.9 Å². The molecule has 1 aliphatic rings. The van der Waals surface area contributed by atoms with Crippen LogP contribution < -0.4 is 15.4 Å². The van der Waals surface area contributed by atoms with E-state index in [0.29, 0.717) is 0 Å². The van der Waals surface area contributed by atoms with Crippen LogP contribution in [-0.2, 0) is 0 Å². The van der Waals surface area contributed by atoms with Gasteiger partial charge in [0.25, 0.3) is 0 Å². The maximum atomic E-state index is 5.77. The van der Waals surface area contributed by atoms with Gasteiger partial charge in [0.2, 0.25) is 0 Å². The molecule has 1 saturated carbocycles. The van der Waals surface area contributed by atoms with Gasteiger partial charge in [-0.05, 0) is 43.5 Å². The molecule has 0 heterocycles. The third kappa shape index (κ3) is 7.74. The first-order valence-corrected chi connectivity index (χ1v) is 9.58. The first kappa shape index (κ1) is 18.1. The summed E-state index contributed by atoms with van der Waals surface area (Å²) < 4.78 is 5.77. The predicted molar refractivity (Wildman–Crippen MR) is 99.4 cm³/mol. The van der Waals surface area contributed by atoms with Crippen LogP contribution in [0.3, 0.4) is 0 Å². The molecule has 0 bridgehead atoms. The third-order valence-electron chi connectivity index (χ3n) is 4.61. The number of hydrogen-bond acceptors (Lipinski definition) is 3. The van der Waals surface area contributed by atoms with Gasteiger partial charge < -0.3 is 15.4 Å². The number of hydrogen-bond donors (Lipinski definition) is 2. The van der Waals surface area contributed by atoms with Crippen LogP contribution in [0.4, 0.5) is 5.69 Å². The number of unbranched alkanes of at least 4 members (excludes halogenated alkanes) is 3. The van der Waals surface area contributed by atoms with Gasteiger partial charge in [-0.1, -0.05) is 45.4 Å². The molecule has 0 spiro atoms. The van der Waals surface area contributed by atoms with Crippen LogP contribution >= 0.6 is 0 Å². The Bertz CT molecular complexity index is 399. The maximum absolute atomic E-state index is 5.77. The molecule has 3 nitrogen and oxygen atoms in total. The molecular weight excluding hydrogens is 284 g/mol. The van der Waals surface area contributed by atoms with E-state index >= 15 is 0 Å². The van der Waals surface area contributed by atoms with E-state index < -0.39 is 0 Å². The molecule has 130 valence electrons. The number of anilines is 1. The fourth-order valence-corrected chi connectivity index (χ4v) is 3.18. The van der Waals surface area contributed by atoms with Gasteiger partial charge >= 0.3 is 0 Å². The number of nitrogens with one attached hydrogen (secondary N) is 2. The van der Waals surface area contributed by atoms with Crippen molar-refractivity contribution in [2.75, 3.05) is 25.0 Å². The molecule has 0 aliphatic heterocycles. The summed E-state index contributed by atoms with van der Waals surface area (Å²) in [6, 6.07) is 9.10. The van der Waals surface area contributed by atoms with E-state index in [1.807, 2.05) is 0 Å². The van der Waals surface area contributed by atoms with Crippen molar-refractivity contribution in [1.82, 2.24) is 5.32 Å². The molecule has 1 aromatic carbocycles. The van der Waals surface area contributed by atoms with Crippen LogP contribution in [0.5, 0.6) is 5.75 Å². The topological polar surface area (TPSA) is 33.3 Å². The highest BCUT2D eigenvalue weighted by atomic mass is 16.5. The van der Waals surface area contributed by atoms with Crippen molar-refractivity contribution in [1.29, 1.82) is 0 Å². The van der Waals surface area contributed by atoms with Gasteiger partial charge in [0, 0.05) is 24.8 Å². The van der Waals surface area contributed by atoms with Crippen molar-refractivity contribution < 1.29 is 4.74 Å². The highest BCUT2D eigenvalue weighted by Crippen LogP contribution is 2.18. The average molecular weight is 319 g/mol. The molecule has 1 aromatic rings. The van der Waals surface area contributed by atoms with Crippen molar-refractivity contribution >= 4 is 5.69 Å². The molecule has 0 amide bonds. The summed E-state index contributed by atoms with van der Waals surface area (Å²) >= 11 is 0. The lowest BCUT2D eigenvalue weighted by molar-refractivity contribution is 0.305. The number of ether oxygens (including phenoxy) is 1. The van der Waals surface area contributed by atoms with Gasteiger partial charge in [0.1, 0.15) is 5.75 Å². The van der Waals surface area contributed by atoms with E-state index in [1.54, 1.807) is 0 Å². The van der Waals surface area contributed by atoms with E-state index in [4.69, 9.17) is 4.74 Å². The van der Waals surface area contributed by atoms with Crippen molar-refractivity contribution in [2.24, 2.45) is 0 Å². The van der Waals surface area contributed by atoms with Crippen LogP contribution in [-0.4, -0.2) is 25.7 Å². The zero-order valence-corrected chi connectivity index (χ0v) is 14.8. The number of benzene rings is 1. The summed E-state index contributed by atoms with van der Waals surface area (Å²) in [5.74, 6) is 0.979. The summed E-state index contributed by atoms with van der Waals surface area (Å²) in [4.78, 5) is 0. The zero-order chi connectivity index (χ0) is 16.2. The van der Waals surface area contributed by atoms with Crippen molar-refractivity contribution in [2.45, 2.75) is 70.8 Å². The Kier molecular flexibility index (Phi) is 8.93. The Morgan fingerprint density at radius 2 is 1.74 bits per heavy atom. The van der Waals surface area contributed by atoms with Gasteiger partial charge in [-0.2, -0.15) is 0 Å². The molecule has 0 radical (unpaired) electrons. The zero-order valence-electron chi connectivity index (χ0n) is 14.8. The monoisotopic (exact) mass is 318 g/mol. The second kappa shape index (κ2) is 11.3. The van der Waals surface area contributed by atoms with Gasteiger partial charge in [0.05, 0.1) is 6.61 Å². The van der Waals surface area contributed by atoms with Gasteiger partial charge in [-0.25, -0.2) is 0 Å². The van der Waals surface area contributed by atoms with Crippen LogP contribution in [0.2, 0.25) is 0 Å². The Labute approximate surface area is 142 Å². The van der Waals surface area contributed by atoms with Crippen LogP contribution in [0.15, 0.2) is 24.3 Å². The lowest BCUT2D eigenvalue weighted by Gasteiger charge is -2.23. The molecule has 2 N–H and O–H groups in total. The molecule has 0 aromatic heterocycles. The first-order chi connectivity index (χ1) is 11.4. The largest absolute Gasteiger partial charge is 0.494 e. The van der Waals surface area contributed by atoms with E-state index in [2.05, 4.69) is 41.8 Å². The lowest BCUT2D eigenvalue weighted by Crippen LogP contribution is -2.34. The van der Waals surface area contributed by atoms with Gasteiger partial charge in [-0.15, -0.1) is 0 Å². The maximum Gasteiger partial charge on any atom is 0.119 e. The molecule has 1 aliphatic carbocycles. The van der Waals surface area contributed by atoms with Crippen LogP contribution in [0.25, 0.3) is 0 Å². The molecular formula is C20H34N2O. The van der Waals surface area contributed by atoms with E-state index in [9.17, 15) is 0 Å². The predicted octanol–water partition coefficient (Wildman–Crippen LogP) is 4.98. The molecule has 23 heavy (non-hydrogen) atoms. The normalized spacial score (nSPS) is 15.5. The van der Waals surface area contributed by atoms with Gasteiger partial charge in [0.15, 0.2) is 0 Å². The average Bonchev–Trinajstić information content (AvgIpc) is 2.61. The smallest absolute Gasteiger partial charge is 0.119 e. The fourth-order valence-electron chi connectivity index (χ4n) is 3.18. The second-order valence-electron chi connectivity index (χ2n) is 6.65. The minimum atomic E-state index is 0.744. The molecule has 0 saturated heterocycles. The highest BCUT2D eigenvalue weighted by Gasteiger charge is 2.11. The van der Waals surface area contributed by atoms with Crippen LogP contribution in [0, 0.1) is 0 Å². The van der Waals surface area contributed by atoms with E-state index in [-0.39, 0.29) is 0 Å². The second-order valence-corrected chi connectivity index (χ2v) is 6.65. The Hall–Kier alpha value is -1.22. The van der Waals surface area contributed by atoms with Crippen molar-refractivity contribution in [3.05, 3.63) is 24.3 Å². The summed E-state index contributed by atoms with van der Waals surface area (Å²) in [6.07, 6.45) is 11.9. The third-order valence-corrected chi connectivity index (χ3v) is 4.61. The fraction of sp³-hybridized carbons (Fsp3) is 0.700. The molecule has 2 rings (SSSR count). The molecule has 0 unspecified atom stereocenters. The molecule has 3 heteroatoms. The highest BCUT2D eigenvalue weighted by molar-refractivity contribution is 5.46. The summed E-state index contributed by atoms with van der Waals surface area (Å²) in [6.45, 7) is 5.09. The molecule has 1 fully saturated rings. The minimum Gasteiger partial charge on any atom is -0.494 e. The van der Waals surface area contributed by atoms with Crippen molar-refractivity contribution in [3.8, 4) is 5.75 Å². The Balaban J connectivity index is 1.55. The van der Waals surface area contributed by atoms with Crippen molar-refractivity contribution in [3.63, 3.8) is 0 Å². The minimum absolute atomic E-state index is 0.744. The Morgan fingerprint density at radius 1 is 0.957 bits per heavy atom. The summed E-state index contributed by atoms with van der Waals surface area (Å²) in [5.41, 5.74) is 1.17. The standard InChI is InChI=1S/C20H34N2O/c1-2-3-4-8-17-23-20-13-11-19(12-14-20)22-16-15-21-18-9-6-5-7-10-18/h11-14,18,21-22H,2-10,15-17H2,1H3. The number of rotatable bonds is 11. The summed E-state index contributed by atoms with van der Waals surface area (Å²) in [7, 11) is 0. The first-order valence-electron chi connectivity index (χ1n) is 9.58. The lowest BCUT2D eigenvalue weighted by atomic mass is 9.95. The SMILES string of the molecule is CCCCCCOc1ccc(NCCNC2CCCCC2)cc1. The van der Waals surface area contributed by atoms with Gasteiger partial charge in [-0.3, -0.25) is 0 Å². The summed E-state index contributed by atoms with van der Waals surface area (Å²) in [5, 5.41) is 7.14. The Morgan fingerprint density at radius 3 is 2.48 bits per heavy atom. The van der Waals surface area contributed by atoms with Crippen LogP contribution in [0.1, 0.15) is 64.7 Å². The molecule has 0 atom stereocenters. The van der Waals surface area contributed by atoms with E-state index in [1.165, 1.54) is 57.1 Å².